The largest absolute Gasteiger partial charge is 0.497 e. The molecule has 0 spiro atoms. The lowest BCUT2D eigenvalue weighted by molar-refractivity contribution is 0.204. The Morgan fingerprint density at radius 3 is 2.39 bits per heavy atom. The zero-order valence-electron chi connectivity index (χ0n) is 11.4. The van der Waals surface area contributed by atoms with Crippen LogP contribution in [0.15, 0.2) is 24.3 Å². The lowest BCUT2D eigenvalue weighted by Crippen LogP contribution is -2.40. The maximum absolute atomic E-state index is 5.85. The molecular formula is C15H24N2O. The van der Waals surface area contributed by atoms with Crippen LogP contribution >= 0.6 is 0 Å². The van der Waals surface area contributed by atoms with E-state index in [1.807, 2.05) is 0 Å². The van der Waals surface area contributed by atoms with Gasteiger partial charge in [0.25, 0.3) is 0 Å². The number of methoxy groups -OCH3 is 1. The van der Waals surface area contributed by atoms with Gasteiger partial charge in [-0.25, -0.2) is 0 Å². The van der Waals surface area contributed by atoms with Gasteiger partial charge < -0.3 is 15.4 Å². The average Bonchev–Trinajstić information content (AvgIpc) is 2.39. The second-order valence-corrected chi connectivity index (χ2v) is 5.33. The van der Waals surface area contributed by atoms with Gasteiger partial charge in [0, 0.05) is 12.6 Å². The van der Waals surface area contributed by atoms with Crippen LogP contribution in [0.5, 0.6) is 5.75 Å². The van der Waals surface area contributed by atoms with E-state index in [4.69, 9.17) is 10.5 Å². The zero-order valence-corrected chi connectivity index (χ0v) is 11.4. The zero-order chi connectivity index (χ0) is 13.0. The summed E-state index contributed by atoms with van der Waals surface area (Å²) in [5.74, 6) is 1.63. The number of piperidine rings is 1. The molecule has 100 valence electrons. The van der Waals surface area contributed by atoms with Crippen LogP contribution in [0.2, 0.25) is 0 Å². The van der Waals surface area contributed by atoms with Crippen molar-refractivity contribution in [3.63, 3.8) is 0 Å². The van der Waals surface area contributed by atoms with Gasteiger partial charge in [-0.3, -0.25) is 0 Å². The summed E-state index contributed by atoms with van der Waals surface area (Å²) in [5, 5.41) is 0. The van der Waals surface area contributed by atoms with Gasteiger partial charge in [-0.2, -0.15) is 0 Å². The topological polar surface area (TPSA) is 38.5 Å². The van der Waals surface area contributed by atoms with Crippen LogP contribution in [0.3, 0.4) is 0 Å². The van der Waals surface area contributed by atoms with Crippen molar-refractivity contribution < 1.29 is 4.74 Å². The van der Waals surface area contributed by atoms with Crippen molar-refractivity contribution in [2.45, 2.75) is 31.7 Å². The third-order valence-corrected chi connectivity index (χ3v) is 3.72. The second-order valence-electron chi connectivity index (χ2n) is 5.33. The minimum absolute atomic E-state index is 0.280. The maximum atomic E-state index is 5.85. The molecule has 1 saturated heterocycles. The van der Waals surface area contributed by atoms with Crippen molar-refractivity contribution in [1.82, 2.24) is 4.90 Å². The van der Waals surface area contributed by atoms with Crippen LogP contribution in [-0.4, -0.2) is 37.7 Å². The fourth-order valence-corrected chi connectivity index (χ4v) is 2.73. The number of nitrogens with two attached hydrogens (primary N) is 1. The normalized spacial score (nSPS) is 19.7. The quantitative estimate of drug-likeness (QED) is 0.888. The van der Waals surface area contributed by atoms with E-state index < -0.39 is 0 Å². The number of likely N-dealkylation sites (tertiary alicyclic amines) is 1. The Labute approximate surface area is 110 Å². The summed E-state index contributed by atoms with van der Waals surface area (Å²) in [7, 11) is 1.71. The first-order valence-electron chi connectivity index (χ1n) is 6.81. The van der Waals surface area contributed by atoms with Crippen molar-refractivity contribution in [1.29, 1.82) is 0 Å². The van der Waals surface area contributed by atoms with E-state index in [9.17, 15) is 0 Å². The molecule has 1 atom stereocenters. The molecule has 0 amide bonds. The Balaban J connectivity index is 1.88. The van der Waals surface area contributed by atoms with Crippen molar-refractivity contribution >= 4 is 0 Å². The molecular weight excluding hydrogens is 224 g/mol. The average molecular weight is 248 g/mol. The molecule has 3 nitrogen and oxygen atoms in total. The molecule has 1 aromatic carbocycles. The summed E-state index contributed by atoms with van der Waals surface area (Å²) < 4.78 is 5.20. The Morgan fingerprint density at radius 1 is 1.28 bits per heavy atom. The molecule has 1 aliphatic heterocycles. The van der Waals surface area contributed by atoms with Crippen LogP contribution < -0.4 is 10.5 Å². The number of rotatable bonds is 4. The number of benzene rings is 1. The fraction of sp³-hybridized carbons (Fsp3) is 0.600. The van der Waals surface area contributed by atoms with Crippen molar-refractivity contribution in [3.05, 3.63) is 29.8 Å². The predicted molar refractivity (Wildman–Crippen MR) is 75.1 cm³/mol. The van der Waals surface area contributed by atoms with Crippen LogP contribution in [0.25, 0.3) is 0 Å². The van der Waals surface area contributed by atoms with Crippen LogP contribution in [0, 0.1) is 0 Å². The lowest BCUT2D eigenvalue weighted by Gasteiger charge is -2.33. The fourth-order valence-electron chi connectivity index (χ4n) is 2.73. The van der Waals surface area contributed by atoms with E-state index in [2.05, 4.69) is 36.1 Å². The third kappa shape index (κ3) is 3.47. The summed E-state index contributed by atoms with van der Waals surface area (Å²) in [6.45, 7) is 5.43. The van der Waals surface area contributed by atoms with Gasteiger partial charge in [0.1, 0.15) is 5.75 Å². The highest BCUT2D eigenvalue weighted by Gasteiger charge is 2.20. The molecule has 0 saturated carbocycles. The van der Waals surface area contributed by atoms with E-state index >= 15 is 0 Å². The Hall–Kier alpha value is -1.06. The Kier molecular flexibility index (Phi) is 4.61. The SMILES string of the molecule is COc1ccc(C2CCN(CC(C)N)CC2)cc1. The molecule has 1 aromatic rings. The monoisotopic (exact) mass is 248 g/mol. The van der Waals surface area contributed by atoms with Gasteiger partial charge in [0.15, 0.2) is 0 Å². The highest BCUT2D eigenvalue weighted by molar-refractivity contribution is 5.29. The van der Waals surface area contributed by atoms with E-state index in [1.165, 1.54) is 18.4 Å². The molecule has 18 heavy (non-hydrogen) atoms. The molecule has 0 aromatic heterocycles. The second kappa shape index (κ2) is 6.21. The summed E-state index contributed by atoms with van der Waals surface area (Å²) >= 11 is 0. The molecule has 2 rings (SSSR count). The molecule has 2 N–H and O–H groups in total. The standard InChI is InChI=1S/C15H24N2O/c1-12(16)11-17-9-7-14(8-10-17)13-3-5-15(18-2)6-4-13/h3-6,12,14H,7-11,16H2,1-2H3. The van der Waals surface area contributed by atoms with Crippen molar-refractivity contribution in [2.24, 2.45) is 5.73 Å². The van der Waals surface area contributed by atoms with Gasteiger partial charge in [-0.1, -0.05) is 12.1 Å². The first kappa shape index (κ1) is 13.4. The Bertz CT molecular complexity index is 353. The number of ether oxygens (including phenoxy) is 1. The molecule has 1 unspecified atom stereocenters. The lowest BCUT2D eigenvalue weighted by atomic mass is 9.89. The maximum Gasteiger partial charge on any atom is 0.118 e. The number of hydrogen-bond donors (Lipinski definition) is 1. The van der Waals surface area contributed by atoms with Gasteiger partial charge in [0.05, 0.1) is 7.11 Å². The van der Waals surface area contributed by atoms with Gasteiger partial charge >= 0.3 is 0 Å². The number of nitrogens with zero attached hydrogens (tertiary/aromatic N) is 1. The van der Waals surface area contributed by atoms with Gasteiger partial charge in [0.2, 0.25) is 0 Å². The molecule has 1 heterocycles. The molecule has 1 aliphatic rings. The van der Waals surface area contributed by atoms with Gasteiger partial charge in [-0.15, -0.1) is 0 Å². The summed E-state index contributed by atoms with van der Waals surface area (Å²) in [6.07, 6.45) is 2.47. The van der Waals surface area contributed by atoms with Gasteiger partial charge in [-0.05, 0) is 56.5 Å². The highest BCUT2D eigenvalue weighted by atomic mass is 16.5. The molecule has 0 aliphatic carbocycles. The molecule has 3 heteroatoms. The Morgan fingerprint density at radius 2 is 1.89 bits per heavy atom. The highest BCUT2D eigenvalue weighted by Crippen LogP contribution is 2.29. The predicted octanol–water partition coefficient (Wildman–Crippen LogP) is 2.22. The third-order valence-electron chi connectivity index (χ3n) is 3.72. The smallest absolute Gasteiger partial charge is 0.118 e. The van der Waals surface area contributed by atoms with E-state index in [-0.39, 0.29) is 6.04 Å². The molecule has 0 bridgehead atoms. The summed E-state index contributed by atoms with van der Waals surface area (Å²) in [5.41, 5.74) is 7.29. The van der Waals surface area contributed by atoms with Crippen LogP contribution in [0.1, 0.15) is 31.2 Å². The van der Waals surface area contributed by atoms with E-state index in [0.29, 0.717) is 5.92 Å². The molecule has 0 radical (unpaired) electrons. The van der Waals surface area contributed by atoms with E-state index in [1.54, 1.807) is 7.11 Å². The summed E-state index contributed by atoms with van der Waals surface area (Å²) in [6, 6.07) is 8.80. The van der Waals surface area contributed by atoms with Crippen molar-refractivity contribution in [2.75, 3.05) is 26.7 Å². The first-order valence-corrected chi connectivity index (χ1v) is 6.81. The summed E-state index contributed by atoms with van der Waals surface area (Å²) in [4.78, 5) is 2.48. The minimum atomic E-state index is 0.280. The van der Waals surface area contributed by atoms with Crippen LogP contribution in [-0.2, 0) is 0 Å². The minimum Gasteiger partial charge on any atom is -0.497 e. The van der Waals surface area contributed by atoms with Crippen molar-refractivity contribution in [3.8, 4) is 5.75 Å². The van der Waals surface area contributed by atoms with Crippen LogP contribution in [0.4, 0.5) is 0 Å². The van der Waals surface area contributed by atoms with E-state index in [0.717, 1.165) is 25.4 Å². The molecule has 1 fully saturated rings. The number of hydrogen-bond acceptors (Lipinski definition) is 3. The first-order chi connectivity index (χ1) is 8.69.